The Morgan fingerprint density at radius 3 is 2.24 bits per heavy atom. The van der Waals surface area contributed by atoms with E-state index in [1.165, 1.54) is 0 Å². The van der Waals surface area contributed by atoms with Gasteiger partial charge in [-0.1, -0.05) is 44.2 Å². The van der Waals surface area contributed by atoms with E-state index in [2.05, 4.69) is 5.32 Å². The average Bonchev–Trinajstić information content (AvgIpc) is 2.45. The molecule has 0 fully saturated rings. The Morgan fingerprint density at radius 1 is 1.12 bits per heavy atom. The molecule has 0 aliphatic heterocycles. The number of rotatable bonds is 7. The molecule has 0 aliphatic rings. The molecule has 0 spiro atoms. The lowest BCUT2D eigenvalue weighted by Gasteiger charge is -2.23. The molecule has 6 heteroatoms. The van der Waals surface area contributed by atoms with Crippen LogP contribution in [0.25, 0.3) is 0 Å². The Bertz CT molecular complexity index is 526. The topological polar surface area (TPSA) is 64.6 Å². The van der Waals surface area contributed by atoms with E-state index >= 15 is 0 Å². The number of alkyl carbamates (subject to hydrolysis) is 1. The van der Waals surface area contributed by atoms with Crippen LogP contribution >= 0.6 is 13.5 Å². The number of ether oxygens (including phenoxy) is 2. The second kappa shape index (κ2) is 11.0. The normalized spacial score (nSPS) is 12.1. The molecule has 0 unspecified atom stereocenters. The lowest BCUT2D eigenvalue weighted by Crippen LogP contribution is -2.45. The molecule has 1 N–H and O–H groups in total. The Hall–Kier alpha value is -1.69. The number of carbonyl (C=O) groups excluding carboxylic acids is 2. The molecular formula is C19H31NO4S. The summed E-state index contributed by atoms with van der Waals surface area (Å²) in [7, 11) is 0. The number of hydrogen-bond donors (Lipinski definition) is 1. The first-order valence-electron chi connectivity index (χ1n) is 8.37. The van der Waals surface area contributed by atoms with E-state index < -0.39 is 23.7 Å². The summed E-state index contributed by atoms with van der Waals surface area (Å²) in [4.78, 5) is 24.2. The van der Waals surface area contributed by atoms with E-state index in [-0.39, 0.29) is 26.0 Å². The maximum atomic E-state index is 12.3. The van der Waals surface area contributed by atoms with Crippen molar-refractivity contribution in [1.82, 2.24) is 5.32 Å². The Balaban J connectivity index is 0.00000576. The van der Waals surface area contributed by atoms with Crippen molar-refractivity contribution in [1.29, 1.82) is 0 Å². The molecule has 0 saturated heterocycles. The minimum absolute atomic E-state index is 0. The van der Waals surface area contributed by atoms with Gasteiger partial charge in [0.15, 0.2) is 0 Å². The first-order valence-corrected chi connectivity index (χ1v) is 8.37. The lowest BCUT2D eigenvalue weighted by atomic mass is 10.0. The highest BCUT2D eigenvalue weighted by molar-refractivity contribution is 7.59. The van der Waals surface area contributed by atoms with Gasteiger partial charge in [-0.3, -0.25) is 0 Å². The van der Waals surface area contributed by atoms with Crippen molar-refractivity contribution in [3.63, 3.8) is 0 Å². The van der Waals surface area contributed by atoms with Gasteiger partial charge in [0.05, 0.1) is 6.61 Å². The monoisotopic (exact) mass is 369 g/mol. The van der Waals surface area contributed by atoms with Crippen LogP contribution < -0.4 is 5.32 Å². The largest absolute Gasteiger partial charge is 0.464 e. The van der Waals surface area contributed by atoms with Gasteiger partial charge < -0.3 is 14.8 Å². The highest BCUT2D eigenvalue weighted by Gasteiger charge is 2.26. The van der Waals surface area contributed by atoms with Crippen LogP contribution in [0, 0.1) is 5.92 Å². The zero-order chi connectivity index (χ0) is 18.2. The van der Waals surface area contributed by atoms with Crippen LogP contribution in [-0.2, 0) is 20.7 Å². The molecular weight excluding hydrogens is 338 g/mol. The predicted octanol–water partition coefficient (Wildman–Crippen LogP) is 3.82. The molecule has 1 atom stereocenters. The van der Waals surface area contributed by atoms with E-state index in [0.717, 1.165) is 5.56 Å². The average molecular weight is 370 g/mol. The summed E-state index contributed by atoms with van der Waals surface area (Å²) in [6.07, 6.45) is 0.546. The van der Waals surface area contributed by atoms with E-state index in [9.17, 15) is 9.59 Å². The Labute approximate surface area is 157 Å². The van der Waals surface area contributed by atoms with E-state index in [1.54, 1.807) is 20.8 Å². The molecule has 5 nitrogen and oxygen atoms in total. The predicted molar refractivity (Wildman–Crippen MR) is 104 cm³/mol. The molecule has 0 aliphatic carbocycles. The van der Waals surface area contributed by atoms with Gasteiger partial charge in [0.25, 0.3) is 0 Å². The standard InChI is InChI=1S/C19H29NO4.H2S/c1-14(2)13-16(20-18(22)24-19(3,4)5)17(21)23-12-11-15-9-7-6-8-10-15;/h6-10,14,16H,11-13H2,1-5H3,(H,20,22);1H2/t16-;/m0./s1. The van der Waals surface area contributed by atoms with E-state index in [1.807, 2.05) is 44.2 Å². The number of benzene rings is 1. The van der Waals surface area contributed by atoms with E-state index in [0.29, 0.717) is 12.8 Å². The van der Waals surface area contributed by atoms with Gasteiger partial charge in [0.2, 0.25) is 0 Å². The summed E-state index contributed by atoms with van der Waals surface area (Å²) in [5.41, 5.74) is 0.495. The highest BCUT2D eigenvalue weighted by atomic mass is 32.1. The second-order valence-electron chi connectivity index (χ2n) is 7.23. The smallest absolute Gasteiger partial charge is 0.408 e. The molecule has 1 rings (SSSR count). The second-order valence-corrected chi connectivity index (χ2v) is 7.23. The fraction of sp³-hybridized carbons (Fsp3) is 0.579. The van der Waals surface area contributed by atoms with Crippen molar-refractivity contribution >= 4 is 25.6 Å². The van der Waals surface area contributed by atoms with Crippen molar-refractivity contribution in [2.24, 2.45) is 5.92 Å². The Morgan fingerprint density at radius 2 is 1.72 bits per heavy atom. The summed E-state index contributed by atoms with van der Waals surface area (Å²) in [6.45, 7) is 9.60. The quantitative estimate of drug-likeness (QED) is 0.742. The molecule has 1 amide bonds. The maximum Gasteiger partial charge on any atom is 0.408 e. The summed E-state index contributed by atoms with van der Waals surface area (Å²) >= 11 is 0. The molecule has 1 aromatic carbocycles. The van der Waals surface area contributed by atoms with Crippen LogP contribution in [0.1, 0.15) is 46.6 Å². The third-order valence-corrected chi connectivity index (χ3v) is 3.16. The molecule has 0 aromatic heterocycles. The van der Waals surface area contributed by atoms with Gasteiger partial charge in [-0.25, -0.2) is 9.59 Å². The number of nitrogens with one attached hydrogen (secondary N) is 1. The third kappa shape index (κ3) is 10.7. The van der Waals surface area contributed by atoms with Crippen molar-refractivity contribution in [3.8, 4) is 0 Å². The summed E-state index contributed by atoms with van der Waals surface area (Å²) in [5.74, 6) is -0.183. The van der Waals surface area contributed by atoms with Crippen LogP contribution in [0.4, 0.5) is 4.79 Å². The molecule has 0 heterocycles. The van der Waals surface area contributed by atoms with Crippen molar-refractivity contribution in [2.75, 3.05) is 6.61 Å². The lowest BCUT2D eigenvalue weighted by molar-refractivity contribution is -0.146. The van der Waals surface area contributed by atoms with Crippen molar-refractivity contribution < 1.29 is 19.1 Å². The molecule has 0 bridgehead atoms. The molecule has 0 saturated carbocycles. The number of esters is 1. The maximum absolute atomic E-state index is 12.3. The van der Waals surface area contributed by atoms with Gasteiger partial charge in [-0.05, 0) is 38.7 Å². The van der Waals surface area contributed by atoms with Gasteiger partial charge in [-0.15, -0.1) is 0 Å². The van der Waals surface area contributed by atoms with Crippen LogP contribution in [0.3, 0.4) is 0 Å². The summed E-state index contributed by atoms with van der Waals surface area (Å²) in [6, 6.07) is 9.11. The number of amides is 1. The minimum atomic E-state index is -0.698. The van der Waals surface area contributed by atoms with Crippen LogP contribution in [-0.4, -0.2) is 30.3 Å². The molecule has 1 aromatic rings. The minimum Gasteiger partial charge on any atom is -0.464 e. The van der Waals surface area contributed by atoms with Gasteiger partial charge in [0, 0.05) is 6.42 Å². The van der Waals surface area contributed by atoms with Gasteiger partial charge in [0.1, 0.15) is 11.6 Å². The first kappa shape index (κ1) is 23.3. The third-order valence-electron chi connectivity index (χ3n) is 3.16. The van der Waals surface area contributed by atoms with E-state index in [4.69, 9.17) is 9.47 Å². The number of hydrogen-bond acceptors (Lipinski definition) is 4. The van der Waals surface area contributed by atoms with Crippen LogP contribution in [0.5, 0.6) is 0 Å². The van der Waals surface area contributed by atoms with Gasteiger partial charge in [-0.2, -0.15) is 13.5 Å². The molecule has 25 heavy (non-hydrogen) atoms. The number of carbonyl (C=O) groups is 2. The van der Waals surface area contributed by atoms with Crippen LogP contribution in [0.2, 0.25) is 0 Å². The highest BCUT2D eigenvalue weighted by Crippen LogP contribution is 2.11. The fourth-order valence-corrected chi connectivity index (χ4v) is 2.15. The summed E-state index contributed by atoms with van der Waals surface area (Å²) < 4.78 is 10.5. The molecule has 142 valence electrons. The summed E-state index contributed by atoms with van der Waals surface area (Å²) in [5, 5.41) is 2.62. The van der Waals surface area contributed by atoms with Crippen molar-refractivity contribution in [2.45, 2.75) is 59.1 Å². The zero-order valence-corrected chi connectivity index (χ0v) is 16.8. The fourth-order valence-electron chi connectivity index (χ4n) is 2.15. The van der Waals surface area contributed by atoms with Gasteiger partial charge >= 0.3 is 12.1 Å². The Kier molecular flexibility index (Phi) is 10.3. The SMILES string of the molecule is CC(C)C[C@H](NC(=O)OC(C)(C)C)C(=O)OCCc1ccccc1.S. The van der Waals surface area contributed by atoms with Crippen molar-refractivity contribution in [3.05, 3.63) is 35.9 Å². The first-order chi connectivity index (χ1) is 11.2. The molecule has 0 radical (unpaired) electrons. The zero-order valence-electron chi connectivity index (χ0n) is 15.8. The van der Waals surface area contributed by atoms with Crippen LogP contribution in [0.15, 0.2) is 30.3 Å².